The summed E-state index contributed by atoms with van der Waals surface area (Å²) in [6.07, 6.45) is 0. The van der Waals surface area contributed by atoms with Crippen molar-refractivity contribution in [3.63, 3.8) is 0 Å². The Bertz CT molecular complexity index is 140. The molecule has 0 aliphatic carbocycles. The van der Waals surface area contributed by atoms with Gasteiger partial charge >= 0.3 is 0 Å². The first-order chi connectivity index (χ1) is 5.79. The molecule has 0 aromatic heterocycles. The zero-order valence-corrected chi connectivity index (χ0v) is 9.41. The summed E-state index contributed by atoms with van der Waals surface area (Å²) in [4.78, 5) is 2.31. The Morgan fingerprint density at radius 1 is 0.917 bits per heavy atom. The van der Waals surface area contributed by atoms with Crippen LogP contribution in [0.1, 0.15) is 0 Å². The second-order valence-corrected chi connectivity index (χ2v) is 4.47. The summed E-state index contributed by atoms with van der Waals surface area (Å²) in [5, 5.41) is 0. The predicted octanol–water partition coefficient (Wildman–Crippen LogP) is -1.66. The van der Waals surface area contributed by atoms with E-state index in [2.05, 4.69) is 4.90 Å². The molecule has 2 bridgehead atoms. The van der Waals surface area contributed by atoms with Crippen molar-refractivity contribution in [2.75, 3.05) is 39.5 Å². The van der Waals surface area contributed by atoms with Crippen LogP contribution in [0.3, 0.4) is 0 Å². The Morgan fingerprint density at radius 3 is 1.75 bits per heavy atom. The molecule has 0 atom stereocenters. The molecule has 0 N–H and O–H groups in total. The van der Waals surface area contributed by atoms with Crippen molar-refractivity contribution in [3.8, 4) is 0 Å². The summed E-state index contributed by atoms with van der Waals surface area (Å²) in [5.41, 5.74) is -0.646. The van der Waals surface area contributed by atoms with Crippen molar-refractivity contribution in [2.24, 2.45) is 0 Å². The van der Waals surface area contributed by atoms with Gasteiger partial charge in [-0.15, -0.1) is 0 Å². The molecule has 0 radical (unpaired) electrons. The standard InChI is InChI=1S/C7H15NO3Si/c12-7-9-4-1-8(2-5-10-7)3-6-11-7/h1-6H2,12H3. The van der Waals surface area contributed by atoms with Crippen LogP contribution in [-0.2, 0) is 14.2 Å². The van der Waals surface area contributed by atoms with Gasteiger partial charge in [0.15, 0.2) is 0 Å². The molecule has 5 heteroatoms. The highest BCUT2D eigenvalue weighted by molar-refractivity contribution is 6.12. The fourth-order valence-corrected chi connectivity index (χ4v) is 2.15. The van der Waals surface area contributed by atoms with Crippen molar-refractivity contribution >= 4 is 10.2 Å². The van der Waals surface area contributed by atoms with E-state index in [1.54, 1.807) is 0 Å². The van der Waals surface area contributed by atoms with Crippen LogP contribution in [0, 0.1) is 0 Å². The molecule has 3 saturated heterocycles. The smallest absolute Gasteiger partial charge is 0.245 e. The summed E-state index contributed by atoms with van der Waals surface area (Å²) >= 11 is 0. The largest absolute Gasteiger partial charge is 0.331 e. The minimum Gasteiger partial charge on any atom is -0.331 e. The summed E-state index contributed by atoms with van der Waals surface area (Å²) in [6.45, 7) is 5.21. The second kappa shape index (κ2) is 3.43. The zero-order chi connectivity index (χ0) is 8.44. The molecule has 0 aromatic carbocycles. The van der Waals surface area contributed by atoms with E-state index in [1.165, 1.54) is 0 Å². The molecule has 3 fully saturated rings. The SMILES string of the molecule is [SiH3]C12OCCN(CCO1)CCO2. The monoisotopic (exact) mass is 189 g/mol. The fraction of sp³-hybridized carbons (Fsp3) is 1.00. The van der Waals surface area contributed by atoms with E-state index in [0.29, 0.717) is 0 Å². The average molecular weight is 189 g/mol. The van der Waals surface area contributed by atoms with E-state index < -0.39 is 5.60 Å². The van der Waals surface area contributed by atoms with Gasteiger partial charge in [-0.05, 0) is 0 Å². The van der Waals surface area contributed by atoms with E-state index in [4.69, 9.17) is 14.2 Å². The number of rotatable bonds is 0. The summed E-state index contributed by atoms with van der Waals surface area (Å²) in [6, 6.07) is 0. The average Bonchev–Trinajstić information content (AvgIpc) is 1.93. The third kappa shape index (κ3) is 1.86. The minimum atomic E-state index is -0.646. The van der Waals surface area contributed by atoms with Gasteiger partial charge in [0, 0.05) is 19.6 Å². The molecule has 12 heavy (non-hydrogen) atoms. The third-order valence-corrected chi connectivity index (χ3v) is 3.18. The quantitative estimate of drug-likeness (QED) is 0.427. The van der Waals surface area contributed by atoms with Gasteiger partial charge < -0.3 is 14.2 Å². The first kappa shape index (κ1) is 8.65. The summed E-state index contributed by atoms with van der Waals surface area (Å²) in [7, 11) is 0.775. The van der Waals surface area contributed by atoms with E-state index in [1.807, 2.05) is 0 Å². The van der Waals surface area contributed by atoms with Gasteiger partial charge in [0.1, 0.15) is 10.2 Å². The molecule has 70 valence electrons. The lowest BCUT2D eigenvalue weighted by molar-refractivity contribution is -0.342. The Labute approximate surface area is 75.2 Å². The van der Waals surface area contributed by atoms with Gasteiger partial charge in [-0.3, -0.25) is 4.90 Å². The molecule has 3 heterocycles. The predicted molar refractivity (Wildman–Crippen MR) is 47.0 cm³/mol. The lowest BCUT2D eigenvalue weighted by Crippen LogP contribution is -2.51. The number of hydrogen-bond donors (Lipinski definition) is 0. The maximum Gasteiger partial charge on any atom is 0.245 e. The molecule has 3 rings (SSSR count). The van der Waals surface area contributed by atoms with Crippen LogP contribution in [0.15, 0.2) is 0 Å². The lowest BCUT2D eigenvalue weighted by atomic mass is 10.4. The highest BCUT2D eigenvalue weighted by Gasteiger charge is 2.30. The summed E-state index contributed by atoms with van der Waals surface area (Å²) in [5.74, 6) is 0. The van der Waals surface area contributed by atoms with Crippen LogP contribution in [0.2, 0.25) is 0 Å². The van der Waals surface area contributed by atoms with Crippen molar-refractivity contribution in [1.82, 2.24) is 4.90 Å². The van der Waals surface area contributed by atoms with E-state index >= 15 is 0 Å². The van der Waals surface area contributed by atoms with Crippen LogP contribution >= 0.6 is 0 Å². The van der Waals surface area contributed by atoms with Gasteiger partial charge in [0.25, 0.3) is 0 Å². The maximum absolute atomic E-state index is 5.52. The van der Waals surface area contributed by atoms with Gasteiger partial charge in [0.05, 0.1) is 19.8 Å². The minimum absolute atomic E-state index is 0.646. The first-order valence-corrected chi connectivity index (χ1v) is 5.43. The molecule has 0 aromatic rings. The van der Waals surface area contributed by atoms with Crippen LogP contribution in [0.4, 0.5) is 0 Å². The van der Waals surface area contributed by atoms with Crippen LogP contribution < -0.4 is 0 Å². The van der Waals surface area contributed by atoms with E-state index in [-0.39, 0.29) is 0 Å². The Balaban J connectivity index is 2.06. The highest BCUT2D eigenvalue weighted by atomic mass is 28.1. The molecule has 3 aliphatic rings. The molecule has 3 aliphatic heterocycles. The number of ether oxygens (including phenoxy) is 3. The Morgan fingerprint density at radius 2 is 1.33 bits per heavy atom. The van der Waals surface area contributed by atoms with Gasteiger partial charge in [-0.25, -0.2) is 0 Å². The normalized spacial score (nSPS) is 43.5. The first-order valence-electron chi connectivity index (χ1n) is 4.43. The van der Waals surface area contributed by atoms with Gasteiger partial charge in [0.2, 0.25) is 5.60 Å². The van der Waals surface area contributed by atoms with Crippen molar-refractivity contribution in [3.05, 3.63) is 0 Å². The van der Waals surface area contributed by atoms with Crippen molar-refractivity contribution in [1.29, 1.82) is 0 Å². The van der Waals surface area contributed by atoms with Crippen LogP contribution in [0.25, 0.3) is 0 Å². The molecule has 4 nitrogen and oxygen atoms in total. The maximum atomic E-state index is 5.52. The zero-order valence-electron chi connectivity index (χ0n) is 7.41. The number of hydrogen-bond acceptors (Lipinski definition) is 4. The van der Waals surface area contributed by atoms with Crippen LogP contribution in [0.5, 0.6) is 0 Å². The molecule has 0 unspecified atom stereocenters. The summed E-state index contributed by atoms with van der Waals surface area (Å²) < 4.78 is 16.6. The lowest BCUT2D eigenvalue weighted by Gasteiger charge is -2.38. The Kier molecular flexibility index (Phi) is 2.47. The molecular formula is C7H15NO3Si. The van der Waals surface area contributed by atoms with Crippen molar-refractivity contribution < 1.29 is 14.2 Å². The second-order valence-electron chi connectivity index (χ2n) is 3.25. The Hall–Kier alpha value is 0.0569. The number of nitrogens with zero attached hydrogens (tertiary/aromatic N) is 1. The van der Waals surface area contributed by atoms with Gasteiger partial charge in [-0.2, -0.15) is 0 Å². The fourth-order valence-electron chi connectivity index (χ4n) is 1.54. The third-order valence-electron chi connectivity index (χ3n) is 2.32. The van der Waals surface area contributed by atoms with Gasteiger partial charge in [-0.1, -0.05) is 0 Å². The highest BCUT2D eigenvalue weighted by Crippen LogP contribution is 2.15. The van der Waals surface area contributed by atoms with E-state index in [9.17, 15) is 0 Å². The topological polar surface area (TPSA) is 30.9 Å². The molecule has 0 amide bonds. The molecule has 0 spiro atoms. The van der Waals surface area contributed by atoms with Crippen LogP contribution in [-0.4, -0.2) is 60.2 Å². The molecule has 0 saturated carbocycles. The van der Waals surface area contributed by atoms with Crippen molar-refractivity contribution in [2.45, 2.75) is 5.60 Å². The molecular weight excluding hydrogens is 174 g/mol. The van der Waals surface area contributed by atoms with E-state index in [0.717, 1.165) is 49.7 Å². The number of fused-ring (bicyclic) bond motifs is 6.